The molecule has 0 unspecified atom stereocenters. The summed E-state index contributed by atoms with van der Waals surface area (Å²) in [4.78, 5) is 0. The third kappa shape index (κ3) is 4.09. The highest BCUT2D eigenvalue weighted by Gasteiger charge is 2.02. The standard InChI is InChI=1S/C17H10ClFN2O/c18-16-8-13(4-5-17(16)19)11-22-15-3-1-2-12(7-15)6-14(9-20)10-21/h1-8H,11H2. The maximum Gasteiger partial charge on any atom is 0.141 e. The average Bonchev–Trinajstić information content (AvgIpc) is 2.54. The Bertz CT molecular complexity index is 787. The van der Waals surface area contributed by atoms with E-state index in [9.17, 15) is 4.39 Å². The smallest absolute Gasteiger partial charge is 0.141 e. The summed E-state index contributed by atoms with van der Waals surface area (Å²) in [6.45, 7) is 0.233. The first-order valence-electron chi connectivity index (χ1n) is 6.31. The Balaban J connectivity index is 2.11. The second-order valence-electron chi connectivity index (χ2n) is 4.39. The molecule has 0 heterocycles. The number of ether oxygens (including phenoxy) is 1. The van der Waals surface area contributed by atoms with Crippen LogP contribution < -0.4 is 4.74 Å². The van der Waals surface area contributed by atoms with E-state index in [2.05, 4.69) is 0 Å². The summed E-state index contributed by atoms with van der Waals surface area (Å²) in [6, 6.07) is 15.0. The Hall–Kier alpha value is -2.82. The Morgan fingerprint density at radius 1 is 1.18 bits per heavy atom. The molecule has 22 heavy (non-hydrogen) atoms. The largest absolute Gasteiger partial charge is 0.489 e. The van der Waals surface area contributed by atoms with Gasteiger partial charge in [-0.25, -0.2) is 4.39 Å². The number of rotatable bonds is 4. The lowest BCUT2D eigenvalue weighted by molar-refractivity contribution is 0.306. The van der Waals surface area contributed by atoms with Gasteiger partial charge in [0.25, 0.3) is 0 Å². The van der Waals surface area contributed by atoms with E-state index in [4.69, 9.17) is 26.9 Å². The topological polar surface area (TPSA) is 56.8 Å². The second-order valence-corrected chi connectivity index (χ2v) is 4.80. The predicted molar refractivity (Wildman–Crippen MR) is 81.4 cm³/mol. The van der Waals surface area contributed by atoms with Crippen molar-refractivity contribution in [3.63, 3.8) is 0 Å². The van der Waals surface area contributed by atoms with Crippen LogP contribution in [0.25, 0.3) is 6.08 Å². The van der Waals surface area contributed by atoms with Gasteiger partial charge in [0.1, 0.15) is 35.9 Å². The molecule has 0 N–H and O–H groups in total. The number of hydrogen-bond donors (Lipinski definition) is 0. The molecule has 2 aromatic rings. The lowest BCUT2D eigenvalue weighted by Crippen LogP contribution is -1.96. The Morgan fingerprint density at radius 2 is 1.95 bits per heavy atom. The zero-order valence-corrected chi connectivity index (χ0v) is 12.1. The molecular formula is C17H10ClFN2O. The van der Waals surface area contributed by atoms with E-state index in [-0.39, 0.29) is 17.2 Å². The minimum absolute atomic E-state index is 0.0162. The monoisotopic (exact) mass is 312 g/mol. The van der Waals surface area contributed by atoms with Crippen LogP contribution in [-0.2, 0) is 6.61 Å². The molecule has 0 aliphatic rings. The van der Waals surface area contributed by atoms with Crippen molar-refractivity contribution in [3.8, 4) is 17.9 Å². The van der Waals surface area contributed by atoms with Crippen molar-refractivity contribution in [1.82, 2.24) is 0 Å². The van der Waals surface area contributed by atoms with Gasteiger partial charge in [0.2, 0.25) is 0 Å². The zero-order chi connectivity index (χ0) is 15.9. The molecule has 0 amide bonds. The molecule has 0 radical (unpaired) electrons. The van der Waals surface area contributed by atoms with Crippen LogP contribution in [0, 0.1) is 28.5 Å². The highest BCUT2D eigenvalue weighted by Crippen LogP contribution is 2.20. The molecule has 0 bridgehead atoms. The lowest BCUT2D eigenvalue weighted by Gasteiger charge is -2.07. The van der Waals surface area contributed by atoms with Gasteiger partial charge in [0.05, 0.1) is 5.02 Å². The molecule has 3 nitrogen and oxygen atoms in total. The van der Waals surface area contributed by atoms with Gasteiger partial charge in [-0.3, -0.25) is 0 Å². The highest BCUT2D eigenvalue weighted by atomic mass is 35.5. The first kappa shape index (κ1) is 15.6. The van der Waals surface area contributed by atoms with Gasteiger partial charge in [-0.2, -0.15) is 10.5 Å². The van der Waals surface area contributed by atoms with Gasteiger partial charge in [0.15, 0.2) is 0 Å². The van der Waals surface area contributed by atoms with Crippen molar-refractivity contribution in [1.29, 1.82) is 10.5 Å². The van der Waals surface area contributed by atoms with Crippen LogP contribution in [0.5, 0.6) is 5.75 Å². The quantitative estimate of drug-likeness (QED) is 0.782. The Morgan fingerprint density at radius 3 is 2.64 bits per heavy atom. The van der Waals surface area contributed by atoms with Crippen LogP contribution in [0.4, 0.5) is 4.39 Å². The summed E-state index contributed by atoms with van der Waals surface area (Å²) in [5.41, 5.74) is 1.44. The molecule has 2 rings (SSSR count). The fourth-order valence-electron chi connectivity index (χ4n) is 1.75. The summed E-state index contributed by atoms with van der Waals surface area (Å²) < 4.78 is 18.7. The molecule has 0 aliphatic carbocycles. The number of nitriles is 2. The number of allylic oxidation sites excluding steroid dienone is 1. The van der Waals surface area contributed by atoms with Gasteiger partial charge < -0.3 is 4.74 Å². The maximum absolute atomic E-state index is 13.1. The molecule has 0 saturated carbocycles. The molecule has 5 heteroatoms. The maximum atomic E-state index is 13.1. The van der Waals surface area contributed by atoms with Gasteiger partial charge in [0, 0.05) is 0 Å². The molecule has 0 aliphatic heterocycles. The van der Waals surface area contributed by atoms with E-state index < -0.39 is 5.82 Å². The van der Waals surface area contributed by atoms with Gasteiger partial charge in [-0.1, -0.05) is 29.8 Å². The Labute approximate surface area is 132 Å². The van der Waals surface area contributed by atoms with Crippen LogP contribution in [-0.4, -0.2) is 0 Å². The minimum Gasteiger partial charge on any atom is -0.489 e. The van der Waals surface area contributed by atoms with E-state index in [1.807, 2.05) is 0 Å². The lowest BCUT2D eigenvalue weighted by atomic mass is 10.1. The molecular weight excluding hydrogens is 303 g/mol. The van der Waals surface area contributed by atoms with Crippen LogP contribution >= 0.6 is 11.6 Å². The third-order valence-electron chi connectivity index (χ3n) is 2.80. The number of hydrogen-bond acceptors (Lipinski definition) is 3. The van der Waals surface area contributed by atoms with Gasteiger partial charge in [-0.15, -0.1) is 0 Å². The molecule has 0 atom stereocenters. The highest BCUT2D eigenvalue weighted by molar-refractivity contribution is 6.30. The molecule has 0 saturated heterocycles. The van der Waals surface area contributed by atoms with Crippen LogP contribution in [0.1, 0.15) is 11.1 Å². The van der Waals surface area contributed by atoms with Crippen molar-refractivity contribution in [3.05, 3.63) is 70.0 Å². The van der Waals surface area contributed by atoms with Gasteiger partial charge >= 0.3 is 0 Å². The van der Waals surface area contributed by atoms with E-state index in [1.165, 1.54) is 18.2 Å². The third-order valence-corrected chi connectivity index (χ3v) is 3.09. The molecule has 0 spiro atoms. The van der Waals surface area contributed by atoms with E-state index in [0.717, 1.165) is 5.56 Å². The average molecular weight is 313 g/mol. The van der Waals surface area contributed by atoms with E-state index >= 15 is 0 Å². The molecule has 0 fully saturated rings. The molecule has 108 valence electrons. The van der Waals surface area contributed by atoms with E-state index in [0.29, 0.717) is 11.3 Å². The van der Waals surface area contributed by atoms with Crippen molar-refractivity contribution < 1.29 is 9.13 Å². The van der Waals surface area contributed by atoms with Crippen molar-refractivity contribution in [2.24, 2.45) is 0 Å². The molecule has 2 aromatic carbocycles. The van der Waals surface area contributed by atoms with Crippen LogP contribution in [0.2, 0.25) is 5.02 Å². The number of halogens is 2. The summed E-state index contributed by atoms with van der Waals surface area (Å²) in [5, 5.41) is 17.5. The SMILES string of the molecule is N#CC(C#N)=Cc1cccc(OCc2ccc(F)c(Cl)c2)c1. The zero-order valence-electron chi connectivity index (χ0n) is 11.4. The summed E-state index contributed by atoms with van der Waals surface area (Å²) in [6.07, 6.45) is 1.47. The summed E-state index contributed by atoms with van der Waals surface area (Å²) in [5.74, 6) is 0.0996. The predicted octanol–water partition coefficient (Wildman–Crippen LogP) is 4.49. The number of benzene rings is 2. The van der Waals surface area contributed by atoms with Gasteiger partial charge in [-0.05, 0) is 41.5 Å². The summed E-state index contributed by atoms with van der Waals surface area (Å²) >= 11 is 5.71. The fraction of sp³-hybridized carbons (Fsp3) is 0.0588. The van der Waals surface area contributed by atoms with E-state index in [1.54, 1.807) is 42.5 Å². The molecule has 0 aromatic heterocycles. The normalized spacial score (nSPS) is 9.45. The number of nitrogens with zero attached hydrogens (tertiary/aromatic N) is 2. The van der Waals surface area contributed by atoms with Crippen molar-refractivity contribution >= 4 is 17.7 Å². The first-order chi connectivity index (χ1) is 10.6. The summed E-state index contributed by atoms with van der Waals surface area (Å²) in [7, 11) is 0. The first-order valence-corrected chi connectivity index (χ1v) is 6.69. The van der Waals surface area contributed by atoms with Crippen molar-refractivity contribution in [2.75, 3.05) is 0 Å². The van der Waals surface area contributed by atoms with Crippen molar-refractivity contribution in [2.45, 2.75) is 6.61 Å². The Kier molecular flexibility index (Phi) is 5.14. The van der Waals surface area contributed by atoms with Crippen LogP contribution in [0.3, 0.4) is 0 Å². The van der Waals surface area contributed by atoms with Crippen LogP contribution in [0.15, 0.2) is 48.0 Å². The fourth-order valence-corrected chi connectivity index (χ4v) is 1.95. The second kappa shape index (κ2) is 7.26. The minimum atomic E-state index is -0.474.